The summed E-state index contributed by atoms with van der Waals surface area (Å²) >= 11 is 0. The SMILES string of the molecule is CN(Cc1cnn(C)c1)C(=O)C1CCCCC1. The van der Waals surface area contributed by atoms with E-state index in [1.54, 1.807) is 4.68 Å². The predicted octanol–water partition coefficient (Wildman–Crippen LogP) is 1.96. The van der Waals surface area contributed by atoms with Gasteiger partial charge in [0.25, 0.3) is 0 Å². The molecule has 2 rings (SSSR count). The first kappa shape index (κ1) is 12.1. The lowest BCUT2D eigenvalue weighted by Gasteiger charge is -2.26. The molecule has 0 N–H and O–H groups in total. The molecule has 0 aliphatic heterocycles. The van der Waals surface area contributed by atoms with Gasteiger partial charge in [-0.3, -0.25) is 9.48 Å². The van der Waals surface area contributed by atoms with Crippen LogP contribution in [0.25, 0.3) is 0 Å². The molecular weight excluding hydrogens is 214 g/mol. The lowest BCUT2D eigenvalue weighted by molar-refractivity contribution is -0.135. The number of aromatic nitrogens is 2. The van der Waals surface area contributed by atoms with E-state index in [2.05, 4.69) is 5.10 Å². The molecule has 1 aliphatic rings. The van der Waals surface area contributed by atoms with Gasteiger partial charge in [-0.15, -0.1) is 0 Å². The molecule has 0 saturated heterocycles. The molecule has 17 heavy (non-hydrogen) atoms. The highest BCUT2D eigenvalue weighted by Crippen LogP contribution is 2.25. The first-order valence-electron chi connectivity index (χ1n) is 6.39. The molecule has 4 heteroatoms. The smallest absolute Gasteiger partial charge is 0.225 e. The van der Waals surface area contributed by atoms with Gasteiger partial charge in [-0.05, 0) is 12.8 Å². The highest BCUT2D eigenvalue weighted by atomic mass is 16.2. The zero-order valence-corrected chi connectivity index (χ0v) is 10.7. The minimum Gasteiger partial charge on any atom is -0.341 e. The summed E-state index contributed by atoms with van der Waals surface area (Å²) in [6, 6.07) is 0. The van der Waals surface area contributed by atoms with Crippen molar-refractivity contribution in [2.24, 2.45) is 13.0 Å². The fourth-order valence-electron chi connectivity index (χ4n) is 2.57. The number of rotatable bonds is 3. The molecule has 1 heterocycles. The van der Waals surface area contributed by atoms with E-state index < -0.39 is 0 Å². The first-order chi connectivity index (χ1) is 8.16. The largest absolute Gasteiger partial charge is 0.341 e. The highest BCUT2D eigenvalue weighted by molar-refractivity contribution is 5.78. The third-order valence-electron chi connectivity index (χ3n) is 3.51. The summed E-state index contributed by atoms with van der Waals surface area (Å²) in [4.78, 5) is 14.0. The molecule has 1 saturated carbocycles. The molecule has 4 nitrogen and oxygen atoms in total. The Morgan fingerprint density at radius 3 is 2.76 bits per heavy atom. The number of amides is 1. The predicted molar refractivity (Wildman–Crippen MR) is 66.3 cm³/mol. The average Bonchev–Trinajstić information content (AvgIpc) is 2.75. The number of carbonyl (C=O) groups excluding carboxylic acids is 1. The van der Waals surface area contributed by atoms with Crippen molar-refractivity contribution < 1.29 is 4.79 Å². The molecule has 0 bridgehead atoms. The second-order valence-corrected chi connectivity index (χ2v) is 5.05. The van der Waals surface area contributed by atoms with Crippen LogP contribution >= 0.6 is 0 Å². The van der Waals surface area contributed by atoms with Crippen LogP contribution in [0.3, 0.4) is 0 Å². The maximum atomic E-state index is 12.2. The molecule has 0 spiro atoms. The van der Waals surface area contributed by atoms with Gasteiger partial charge >= 0.3 is 0 Å². The van der Waals surface area contributed by atoms with Gasteiger partial charge in [0.2, 0.25) is 5.91 Å². The molecule has 0 atom stereocenters. The van der Waals surface area contributed by atoms with Crippen molar-refractivity contribution in [3.63, 3.8) is 0 Å². The fourth-order valence-corrected chi connectivity index (χ4v) is 2.57. The number of hydrogen-bond acceptors (Lipinski definition) is 2. The van der Waals surface area contributed by atoms with Crippen molar-refractivity contribution >= 4 is 5.91 Å². The van der Waals surface area contributed by atoms with Crippen molar-refractivity contribution in [1.29, 1.82) is 0 Å². The topological polar surface area (TPSA) is 38.1 Å². The monoisotopic (exact) mass is 235 g/mol. The van der Waals surface area contributed by atoms with Crippen molar-refractivity contribution in [1.82, 2.24) is 14.7 Å². The lowest BCUT2D eigenvalue weighted by Crippen LogP contribution is -2.33. The van der Waals surface area contributed by atoms with Gasteiger partial charge < -0.3 is 4.90 Å². The average molecular weight is 235 g/mol. The summed E-state index contributed by atoms with van der Waals surface area (Å²) in [7, 11) is 3.79. The third kappa shape index (κ3) is 3.08. The Kier molecular flexibility index (Phi) is 3.82. The maximum absolute atomic E-state index is 12.2. The van der Waals surface area contributed by atoms with Gasteiger partial charge in [0, 0.05) is 38.3 Å². The number of nitrogens with zero attached hydrogens (tertiary/aromatic N) is 3. The van der Waals surface area contributed by atoms with Gasteiger partial charge in [0.05, 0.1) is 6.20 Å². The molecule has 1 fully saturated rings. The Balaban J connectivity index is 1.90. The summed E-state index contributed by atoms with van der Waals surface area (Å²) in [5.74, 6) is 0.555. The van der Waals surface area contributed by atoms with Crippen LogP contribution in [-0.4, -0.2) is 27.6 Å². The molecular formula is C13H21N3O. The van der Waals surface area contributed by atoms with Crippen LogP contribution in [0.5, 0.6) is 0 Å². The van der Waals surface area contributed by atoms with Crippen LogP contribution < -0.4 is 0 Å². The van der Waals surface area contributed by atoms with Crippen LogP contribution in [-0.2, 0) is 18.4 Å². The maximum Gasteiger partial charge on any atom is 0.225 e. The molecule has 1 aromatic rings. The summed E-state index contributed by atoms with van der Waals surface area (Å²) < 4.78 is 1.77. The molecule has 0 radical (unpaired) electrons. The van der Waals surface area contributed by atoms with E-state index in [1.807, 2.05) is 31.4 Å². The van der Waals surface area contributed by atoms with Crippen LogP contribution in [0.15, 0.2) is 12.4 Å². The molecule has 1 amide bonds. The van der Waals surface area contributed by atoms with Crippen LogP contribution in [0, 0.1) is 5.92 Å². The zero-order valence-electron chi connectivity index (χ0n) is 10.7. The number of hydrogen-bond donors (Lipinski definition) is 0. The van der Waals surface area contributed by atoms with E-state index in [1.165, 1.54) is 19.3 Å². The Morgan fingerprint density at radius 2 is 2.18 bits per heavy atom. The van der Waals surface area contributed by atoms with Gasteiger partial charge in [-0.25, -0.2) is 0 Å². The van der Waals surface area contributed by atoms with E-state index >= 15 is 0 Å². The molecule has 0 unspecified atom stereocenters. The summed E-state index contributed by atoms with van der Waals surface area (Å²) in [6.45, 7) is 0.670. The van der Waals surface area contributed by atoms with Gasteiger partial charge in [0.15, 0.2) is 0 Å². The van der Waals surface area contributed by atoms with Crippen LogP contribution in [0.4, 0.5) is 0 Å². The van der Waals surface area contributed by atoms with E-state index in [9.17, 15) is 4.79 Å². The van der Waals surface area contributed by atoms with E-state index in [0.29, 0.717) is 12.5 Å². The second kappa shape index (κ2) is 5.34. The minimum atomic E-state index is 0.255. The Hall–Kier alpha value is -1.32. The lowest BCUT2D eigenvalue weighted by atomic mass is 9.88. The van der Waals surface area contributed by atoms with Gasteiger partial charge in [-0.1, -0.05) is 19.3 Å². The van der Waals surface area contributed by atoms with Crippen molar-refractivity contribution in [2.75, 3.05) is 7.05 Å². The standard InChI is InChI=1S/C13H21N3O/c1-15(9-11-8-14-16(2)10-11)13(17)12-6-4-3-5-7-12/h8,10,12H,3-7,9H2,1-2H3. The van der Waals surface area contributed by atoms with E-state index in [0.717, 1.165) is 18.4 Å². The number of aryl methyl sites for hydroxylation is 1. The third-order valence-corrected chi connectivity index (χ3v) is 3.51. The zero-order chi connectivity index (χ0) is 12.3. The Morgan fingerprint density at radius 1 is 1.47 bits per heavy atom. The fraction of sp³-hybridized carbons (Fsp3) is 0.692. The van der Waals surface area contributed by atoms with Crippen molar-refractivity contribution in [3.8, 4) is 0 Å². The summed E-state index contributed by atoms with van der Waals surface area (Å²) in [6.07, 6.45) is 9.62. The number of carbonyl (C=O) groups is 1. The molecule has 1 aliphatic carbocycles. The minimum absolute atomic E-state index is 0.255. The second-order valence-electron chi connectivity index (χ2n) is 5.05. The molecule has 1 aromatic heterocycles. The van der Waals surface area contributed by atoms with Crippen LogP contribution in [0.1, 0.15) is 37.7 Å². The van der Waals surface area contributed by atoms with E-state index in [-0.39, 0.29) is 5.92 Å². The van der Waals surface area contributed by atoms with Gasteiger partial charge in [-0.2, -0.15) is 5.10 Å². The molecule has 0 aromatic carbocycles. The van der Waals surface area contributed by atoms with E-state index in [4.69, 9.17) is 0 Å². The highest BCUT2D eigenvalue weighted by Gasteiger charge is 2.24. The quantitative estimate of drug-likeness (QED) is 0.803. The summed E-state index contributed by atoms with van der Waals surface area (Å²) in [5.41, 5.74) is 1.10. The van der Waals surface area contributed by atoms with Crippen molar-refractivity contribution in [2.45, 2.75) is 38.6 Å². The van der Waals surface area contributed by atoms with Crippen LogP contribution in [0.2, 0.25) is 0 Å². The van der Waals surface area contributed by atoms with Crippen molar-refractivity contribution in [3.05, 3.63) is 18.0 Å². The Labute approximate surface area is 103 Å². The molecule has 94 valence electrons. The first-order valence-corrected chi connectivity index (χ1v) is 6.39. The summed E-state index contributed by atoms with van der Waals surface area (Å²) in [5, 5.41) is 4.12. The van der Waals surface area contributed by atoms with Gasteiger partial charge in [0.1, 0.15) is 0 Å². The Bertz CT molecular complexity index is 380. The normalized spacial score (nSPS) is 17.1.